The van der Waals surface area contributed by atoms with Crippen LogP contribution in [0.5, 0.6) is 0 Å². The van der Waals surface area contributed by atoms with Crippen LogP contribution in [0.2, 0.25) is 0 Å². The Bertz CT molecular complexity index is 241. The normalized spacial score (nSPS) is 8.00. The average Bonchev–Trinajstić information content (AvgIpc) is 2.20. The lowest BCUT2D eigenvalue weighted by molar-refractivity contribution is -0.134. The van der Waals surface area contributed by atoms with Crippen LogP contribution in [0.15, 0.2) is 30.3 Å². The average molecular weight is 226 g/mol. The van der Waals surface area contributed by atoms with Crippen molar-refractivity contribution in [2.75, 3.05) is 7.11 Å². The molecule has 92 valence electrons. The fourth-order valence-corrected chi connectivity index (χ4v) is 0.741. The standard InChI is InChI=1S/C8H10O.C3H8.C2H4O2/c1-9-7-8-5-3-2-4-6-8;1-3-2;1-2(3)4/h2-6H,7H2,1H3;3H2,1-2H3;1H3,(H,3,4). The van der Waals surface area contributed by atoms with E-state index in [2.05, 4.69) is 13.8 Å². The second-order valence-corrected chi connectivity index (χ2v) is 3.14. The molecule has 1 aromatic carbocycles. The van der Waals surface area contributed by atoms with E-state index in [-0.39, 0.29) is 0 Å². The van der Waals surface area contributed by atoms with Crippen molar-refractivity contribution in [2.24, 2.45) is 0 Å². The second-order valence-electron chi connectivity index (χ2n) is 3.14. The van der Waals surface area contributed by atoms with Gasteiger partial charge >= 0.3 is 0 Å². The summed E-state index contributed by atoms with van der Waals surface area (Å²) in [5.41, 5.74) is 1.22. The molecule has 0 saturated heterocycles. The Labute approximate surface area is 98.1 Å². The molecule has 0 fully saturated rings. The van der Waals surface area contributed by atoms with Crippen LogP contribution in [0.25, 0.3) is 0 Å². The number of carboxylic acids is 1. The molecule has 1 N–H and O–H groups in total. The number of carbonyl (C=O) groups is 1. The molecule has 3 nitrogen and oxygen atoms in total. The summed E-state index contributed by atoms with van der Waals surface area (Å²) in [6, 6.07) is 10.1. The molecule has 0 aliphatic carbocycles. The van der Waals surface area contributed by atoms with Gasteiger partial charge < -0.3 is 9.84 Å². The van der Waals surface area contributed by atoms with E-state index in [9.17, 15) is 0 Å². The minimum atomic E-state index is -0.833. The zero-order valence-corrected chi connectivity index (χ0v) is 10.6. The van der Waals surface area contributed by atoms with Crippen molar-refractivity contribution < 1.29 is 14.6 Å². The molecule has 0 amide bonds. The van der Waals surface area contributed by atoms with Gasteiger partial charge in [-0.25, -0.2) is 0 Å². The highest BCUT2D eigenvalue weighted by Crippen LogP contribution is 1.98. The van der Waals surface area contributed by atoms with E-state index < -0.39 is 5.97 Å². The topological polar surface area (TPSA) is 46.5 Å². The molecular weight excluding hydrogens is 204 g/mol. The van der Waals surface area contributed by atoms with Gasteiger partial charge in [0.05, 0.1) is 6.61 Å². The third kappa shape index (κ3) is 18.4. The summed E-state index contributed by atoms with van der Waals surface area (Å²) in [5, 5.41) is 7.42. The highest BCUT2D eigenvalue weighted by molar-refractivity contribution is 5.62. The maximum atomic E-state index is 9.00. The lowest BCUT2D eigenvalue weighted by Gasteiger charge is -1.95. The van der Waals surface area contributed by atoms with E-state index >= 15 is 0 Å². The van der Waals surface area contributed by atoms with Crippen LogP contribution in [-0.2, 0) is 16.1 Å². The number of carboxylic acid groups (broad SMARTS) is 1. The number of ether oxygens (including phenoxy) is 1. The van der Waals surface area contributed by atoms with Gasteiger partial charge in [-0.1, -0.05) is 50.6 Å². The smallest absolute Gasteiger partial charge is 0.300 e. The molecule has 0 aliphatic heterocycles. The van der Waals surface area contributed by atoms with Crippen LogP contribution in [0, 0.1) is 0 Å². The van der Waals surface area contributed by atoms with Crippen molar-refractivity contribution >= 4 is 5.97 Å². The summed E-state index contributed by atoms with van der Waals surface area (Å²) in [7, 11) is 1.70. The molecule has 0 heterocycles. The molecule has 0 spiro atoms. The zero-order valence-electron chi connectivity index (χ0n) is 10.6. The Hall–Kier alpha value is -1.35. The van der Waals surface area contributed by atoms with Crippen LogP contribution in [-0.4, -0.2) is 18.2 Å². The third-order valence-electron chi connectivity index (χ3n) is 1.15. The lowest BCUT2D eigenvalue weighted by atomic mass is 10.2. The highest BCUT2D eigenvalue weighted by atomic mass is 16.5. The Morgan fingerprint density at radius 3 is 1.94 bits per heavy atom. The van der Waals surface area contributed by atoms with Crippen LogP contribution < -0.4 is 0 Å². The van der Waals surface area contributed by atoms with E-state index in [1.807, 2.05) is 30.3 Å². The first-order chi connectivity index (χ1) is 7.58. The molecule has 0 atom stereocenters. The molecule has 1 rings (SSSR count). The van der Waals surface area contributed by atoms with Crippen molar-refractivity contribution in [1.82, 2.24) is 0 Å². The first kappa shape index (κ1) is 17.1. The largest absolute Gasteiger partial charge is 0.481 e. The lowest BCUT2D eigenvalue weighted by Crippen LogP contribution is -1.84. The second kappa shape index (κ2) is 13.7. The van der Waals surface area contributed by atoms with Gasteiger partial charge in [0.2, 0.25) is 0 Å². The van der Waals surface area contributed by atoms with Gasteiger partial charge in [0.25, 0.3) is 5.97 Å². The fourth-order valence-electron chi connectivity index (χ4n) is 0.741. The van der Waals surface area contributed by atoms with Crippen molar-refractivity contribution in [2.45, 2.75) is 33.8 Å². The molecular formula is C13H22O3. The summed E-state index contributed by atoms with van der Waals surface area (Å²) in [4.78, 5) is 9.00. The predicted octanol–water partition coefficient (Wildman–Crippen LogP) is 3.34. The Balaban J connectivity index is 0. The minimum absolute atomic E-state index is 0.709. The minimum Gasteiger partial charge on any atom is -0.481 e. The summed E-state index contributed by atoms with van der Waals surface area (Å²) >= 11 is 0. The maximum Gasteiger partial charge on any atom is 0.300 e. The molecule has 0 radical (unpaired) electrons. The van der Waals surface area contributed by atoms with E-state index in [0.717, 1.165) is 6.92 Å². The SMILES string of the molecule is CC(=O)O.CCC.COCc1ccccc1. The molecule has 0 aromatic heterocycles. The summed E-state index contributed by atoms with van der Waals surface area (Å²) in [5.74, 6) is -0.833. The van der Waals surface area contributed by atoms with Gasteiger partial charge in [-0.15, -0.1) is 0 Å². The van der Waals surface area contributed by atoms with Crippen LogP contribution >= 0.6 is 0 Å². The van der Waals surface area contributed by atoms with E-state index in [4.69, 9.17) is 14.6 Å². The van der Waals surface area contributed by atoms with Crippen molar-refractivity contribution in [3.05, 3.63) is 35.9 Å². The monoisotopic (exact) mass is 226 g/mol. The van der Waals surface area contributed by atoms with Crippen LogP contribution in [0.3, 0.4) is 0 Å². The van der Waals surface area contributed by atoms with Gasteiger partial charge in [0.15, 0.2) is 0 Å². The van der Waals surface area contributed by atoms with E-state index in [1.165, 1.54) is 12.0 Å². The highest BCUT2D eigenvalue weighted by Gasteiger charge is 1.84. The van der Waals surface area contributed by atoms with Crippen LogP contribution in [0.1, 0.15) is 32.8 Å². The first-order valence-corrected chi connectivity index (χ1v) is 5.30. The molecule has 1 aromatic rings. The molecule has 0 saturated carbocycles. The van der Waals surface area contributed by atoms with Crippen molar-refractivity contribution in [3.63, 3.8) is 0 Å². The van der Waals surface area contributed by atoms with Gasteiger partial charge in [-0.05, 0) is 5.56 Å². The quantitative estimate of drug-likeness (QED) is 0.841. The number of rotatable bonds is 2. The Morgan fingerprint density at radius 2 is 1.62 bits per heavy atom. The zero-order chi connectivity index (χ0) is 12.8. The first-order valence-electron chi connectivity index (χ1n) is 5.30. The molecule has 16 heavy (non-hydrogen) atoms. The molecule has 0 unspecified atom stereocenters. The fraction of sp³-hybridized carbons (Fsp3) is 0.462. The number of methoxy groups -OCH3 is 1. The van der Waals surface area contributed by atoms with Gasteiger partial charge in [-0.2, -0.15) is 0 Å². The summed E-state index contributed by atoms with van der Waals surface area (Å²) in [6.45, 7) is 6.04. The number of hydrogen-bond acceptors (Lipinski definition) is 2. The molecule has 0 aliphatic rings. The maximum absolute atomic E-state index is 9.00. The van der Waals surface area contributed by atoms with Crippen molar-refractivity contribution in [1.29, 1.82) is 0 Å². The summed E-state index contributed by atoms with van der Waals surface area (Å²) in [6.07, 6.45) is 1.25. The van der Waals surface area contributed by atoms with Gasteiger partial charge in [0, 0.05) is 14.0 Å². The molecule has 3 heteroatoms. The van der Waals surface area contributed by atoms with Gasteiger partial charge in [-0.3, -0.25) is 4.79 Å². The van der Waals surface area contributed by atoms with E-state index in [1.54, 1.807) is 7.11 Å². The molecule has 0 bridgehead atoms. The van der Waals surface area contributed by atoms with Gasteiger partial charge in [0.1, 0.15) is 0 Å². The van der Waals surface area contributed by atoms with Crippen LogP contribution in [0.4, 0.5) is 0 Å². The number of aliphatic carboxylic acids is 1. The van der Waals surface area contributed by atoms with E-state index in [0.29, 0.717) is 6.61 Å². The Morgan fingerprint density at radius 1 is 1.25 bits per heavy atom. The number of hydrogen-bond donors (Lipinski definition) is 1. The Kier molecular flexibility index (Phi) is 14.6. The third-order valence-corrected chi connectivity index (χ3v) is 1.15. The number of benzene rings is 1. The predicted molar refractivity (Wildman–Crippen MR) is 66.4 cm³/mol. The summed E-state index contributed by atoms with van der Waals surface area (Å²) < 4.78 is 4.93. The van der Waals surface area contributed by atoms with Crippen molar-refractivity contribution in [3.8, 4) is 0 Å².